The average molecular weight is 308 g/mol. The summed E-state index contributed by atoms with van der Waals surface area (Å²) in [7, 11) is 0. The molecule has 0 unspecified atom stereocenters. The van der Waals surface area contributed by atoms with Crippen molar-refractivity contribution in [3.8, 4) is 0 Å². The van der Waals surface area contributed by atoms with E-state index in [9.17, 15) is 0 Å². The van der Waals surface area contributed by atoms with Gasteiger partial charge in [-0.3, -0.25) is 0 Å². The highest BCUT2D eigenvalue weighted by Crippen LogP contribution is 2.25. The zero-order valence-corrected chi connectivity index (χ0v) is 12.1. The molecule has 0 aliphatic rings. The summed E-state index contributed by atoms with van der Waals surface area (Å²) in [6.45, 7) is 7.29. The van der Waals surface area contributed by atoms with Crippen molar-refractivity contribution < 1.29 is 4.74 Å². The lowest BCUT2D eigenvalue weighted by Gasteiger charge is -2.10. The summed E-state index contributed by atoms with van der Waals surface area (Å²) in [6.07, 6.45) is 0.877. The highest BCUT2D eigenvalue weighted by Gasteiger charge is 2.12. The molecule has 1 aromatic heterocycles. The van der Waals surface area contributed by atoms with Gasteiger partial charge in [-0.2, -0.15) is 0 Å². The molecule has 0 fully saturated rings. The van der Waals surface area contributed by atoms with Crippen LogP contribution in [0.5, 0.6) is 0 Å². The van der Waals surface area contributed by atoms with Crippen molar-refractivity contribution in [3.63, 3.8) is 0 Å². The second kappa shape index (κ2) is 6.52. The molecule has 0 atom stereocenters. The predicted molar refractivity (Wildman–Crippen MR) is 68.6 cm³/mol. The molecule has 90 valence electrons. The third-order valence-corrected chi connectivity index (χ3v) is 3.30. The lowest BCUT2D eigenvalue weighted by molar-refractivity contribution is 0.128. The molecule has 1 rings (SSSR count). The summed E-state index contributed by atoms with van der Waals surface area (Å²) in [5.41, 5.74) is 0.949. The van der Waals surface area contributed by atoms with Gasteiger partial charge >= 0.3 is 0 Å². The van der Waals surface area contributed by atoms with E-state index in [-0.39, 0.29) is 0 Å². The maximum atomic E-state index is 6.03. The molecule has 0 aliphatic heterocycles. The fourth-order valence-electron chi connectivity index (χ4n) is 1.29. The van der Waals surface area contributed by atoms with Gasteiger partial charge in [0.2, 0.25) is 0 Å². The van der Waals surface area contributed by atoms with Crippen LogP contribution in [0.3, 0.4) is 0 Å². The topological polar surface area (TPSA) is 35.0 Å². The van der Waals surface area contributed by atoms with Gasteiger partial charge in [0, 0.05) is 6.61 Å². The van der Waals surface area contributed by atoms with Gasteiger partial charge in [-0.15, -0.1) is 0 Å². The predicted octanol–water partition coefficient (Wildman–Crippen LogP) is 3.63. The molecular weight excluding hydrogens is 291 g/mol. The van der Waals surface area contributed by atoms with Crippen LogP contribution in [0.25, 0.3) is 0 Å². The summed E-state index contributed by atoms with van der Waals surface area (Å²) in [5, 5.41) is 0.459. The lowest BCUT2D eigenvalue weighted by Crippen LogP contribution is -2.06. The molecule has 1 aromatic rings. The molecule has 5 heteroatoms. The lowest BCUT2D eigenvalue weighted by atomic mass is 10.1. The third kappa shape index (κ3) is 4.00. The Morgan fingerprint density at radius 2 is 2.06 bits per heavy atom. The van der Waals surface area contributed by atoms with Gasteiger partial charge in [0.25, 0.3) is 0 Å². The summed E-state index contributed by atoms with van der Waals surface area (Å²) in [6, 6.07) is 0. The van der Waals surface area contributed by atoms with Gasteiger partial charge < -0.3 is 4.74 Å². The van der Waals surface area contributed by atoms with Gasteiger partial charge in [-0.05, 0) is 35.2 Å². The van der Waals surface area contributed by atoms with Gasteiger partial charge in [0.1, 0.15) is 11.8 Å². The minimum atomic E-state index is 0.411. The zero-order valence-electron chi connectivity index (χ0n) is 9.76. The number of ether oxygens (including phenoxy) is 1. The van der Waals surface area contributed by atoms with Gasteiger partial charge in [0.05, 0.1) is 10.2 Å². The Morgan fingerprint density at radius 1 is 1.38 bits per heavy atom. The van der Waals surface area contributed by atoms with Crippen molar-refractivity contribution in [1.29, 1.82) is 0 Å². The summed E-state index contributed by atoms with van der Waals surface area (Å²) >= 11 is 9.44. The number of rotatable bonds is 5. The monoisotopic (exact) mass is 306 g/mol. The van der Waals surface area contributed by atoms with E-state index in [2.05, 4.69) is 39.7 Å². The summed E-state index contributed by atoms with van der Waals surface area (Å²) < 4.78 is 6.07. The highest BCUT2D eigenvalue weighted by molar-refractivity contribution is 9.10. The van der Waals surface area contributed by atoms with E-state index in [1.54, 1.807) is 0 Å². The number of aromatic nitrogens is 2. The van der Waals surface area contributed by atoms with Gasteiger partial charge in [-0.1, -0.05) is 25.4 Å². The van der Waals surface area contributed by atoms with Gasteiger partial charge in [-0.25, -0.2) is 9.97 Å². The summed E-state index contributed by atoms with van der Waals surface area (Å²) in [4.78, 5) is 8.60. The normalized spacial score (nSPS) is 11.1. The van der Waals surface area contributed by atoms with E-state index in [0.717, 1.165) is 16.6 Å². The molecule has 0 radical (unpaired) electrons. The van der Waals surface area contributed by atoms with E-state index in [1.165, 1.54) is 0 Å². The van der Waals surface area contributed by atoms with Crippen LogP contribution in [0.1, 0.15) is 32.3 Å². The molecule has 0 spiro atoms. The first-order valence-electron chi connectivity index (χ1n) is 5.33. The fraction of sp³-hybridized carbons (Fsp3) is 0.636. The van der Waals surface area contributed by atoms with Crippen molar-refractivity contribution in [3.05, 3.63) is 21.1 Å². The molecule has 0 amide bonds. The van der Waals surface area contributed by atoms with Crippen LogP contribution >= 0.6 is 27.5 Å². The minimum absolute atomic E-state index is 0.411. The Bertz CT molecular complexity index is 358. The van der Waals surface area contributed by atoms with Crippen molar-refractivity contribution in [2.45, 2.75) is 33.8 Å². The maximum absolute atomic E-state index is 6.03. The smallest absolute Gasteiger partial charge is 0.156 e. The van der Waals surface area contributed by atoms with Crippen molar-refractivity contribution >= 4 is 27.5 Å². The molecular formula is C11H16BrClN2O. The first-order chi connectivity index (χ1) is 7.54. The van der Waals surface area contributed by atoms with E-state index in [0.29, 0.717) is 30.1 Å². The Hall–Kier alpha value is -0.190. The molecule has 1 heterocycles. The average Bonchev–Trinajstić information content (AvgIpc) is 2.21. The Morgan fingerprint density at radius 3 is 2.62 bits per heavy atom. The molecule has 0 bridgehead atoms. The standard InChI is InChI=1S/C11H16BrClN2O/c1-4-16-6-9-14-8(5-7(2)3)10(12)11(13)15-9/h7H,4-6H2,1-3H3. The highest BCUT2D eigenvalue weighted by atomic mass is 79.9. The quantitative estimate of drug-likeness (QED) is 0.779. The molecule has 0 saturated carbocycles. The van der Waals surface area contributed by atoms with Crippen LogP contribution in [0.4, 0.5) is 0 Å². The Balaban J connectivity index is 2.92. The fourth-order valence-corrected chi connectivity index (χ4v) is 1.84. The molecule has 0 saturated heterocycles. The zero-order chi connectivity index (χ0) is 12.1. The van der Waals surface area contributed by atoms with Crippen LogP contribution in [0.2, 0.25) is 5.15 Å². The second-order valence-electron chi connectivity index (χ2n) is 3.93. The third-order valence-electron chi connectivity index (χ3n) is 1.96. The Kier molecular flexibility index (Phi) is 5.66. The number of halogens is 2. The van der Waals surface area contributed by atoms with Crippen LogP contribution < -0.4 is 0 Å². The second-order valence-corrected chi connectivity index (χ2v) is 5.08. The number of nitrogens with zero attached hydrogens (tertiary/aromatic N) is 2. The van der Waals surface area contributed by atoms with E-state index >= 15 is 0 Å². The molecule has 16 heavy (non-hydrogen) atoms. The van der Waals surface area contributed by atoms with E-state index in [1.807, 2.05) is 6.92 Å². The van der Waals surface area contributed by atoms with Crippen LogP contribution in [0, 0.1) is 5.92 Å². The van der Waals surface area contributed by atoms with Crippen molar-refractivity contribution in [2.24, 2.45) is 5.92 Å². The first-order valence-corrected chi connectivity index (χ1v) is 6.50. The SMILES string of the molecule is CCOCc1nc(Cl)c(Br)c(CC(C)C)n1. The molecule has 0 N–H and O–H groups in total. The molecule has 0 aliphatic carbocycles. The maximum Gasteiger partial charge on any atom is 0.156 e. The minimum Gasteiger partial charge on any atom is -0.374 e. The Labute approximate surface area is 110 Å². The molecule has 3 nitrogen and oxygen atoms in total. The van der Waals surface area contributed by atoms with Crippen LogP contribution in [0.15, 0.2) is 4.47 Å². The van der Waals surface area contributed by atoms with Crippen LogP contribution in [-0.4, -0.2) is 16.6 Å². The van der Waals surface area contributed by atoms with Crippen molar-refractivity contribution in [1.82, 2.24) is 9.97 Å². The number of hydrogen-bond donors (Lipinski definition) is 0. The van der Waals surface area contributed by atoms with E-state index in [4.69, 9.17) is 16.3 Å². The number of hydrogen-bond acceptors (Lipinski definition) is 3. The van der Waals surface area contributed by atoms with E-state index < -0.39 is 0 Å². The first kappa shape index (κ1) is 13.9. The molecule has 0 aromatic carbocycles. The largest absolute Gasteiger partial charge is 0.374 e. The summed E-state index contributed by atoms with van der Waals surface area (Å²) in [5.74, 6) is 1.17. The van der Waals surface area contributed by atoms with Crippen molar-refractivity contribution in [2.75, 3.05) is 6.61 Å². The van der Waals surface area contributed by atoms with Crippen LogP contribution in [-0.2, 0) is 17.8 Å². The van der Waals surface area contributed by atoms with Gasteiger partial charge in [0.15, 0.2) is 5.82 Å².